The predicted molar refractivity (Wildman–Crippen MR) is 86.9 cm³/mol. The van der Waals surface area contributed by atoms with Crippen LogP contribution in [0.2, 0.25) is 5.02 Å². The molecule has 0 bridgehead atoms. The topological polar surface area (TPSA) is 32.3 Å². The molecule has 1 saturated heterocycles. The van der Waals surface area contributed by atoms with Gasteiger partial charge in [0.05, 0.1) is 0 Å². The minimum Gasteiger partial charge on any atom is -0.312 e. The molecule has 0 aliphatic carbocycles. The molecule has 2 aliphatic heterocycles. The molecule has 4 heteroatoms. The number of fused-ring (bicyclic) bond motifs is 3. The fourth-order valence-electron chi connectivity index (χ4n) is 3.69. The maximum Gasteiger partial charge on any atom is 0.256 e. The number of amides is 1. The van der Waals surface area contributed by atoms with Gasteiger partial charge in [-0.2, -0.15) is 0 Å². The third-order valence-corrected chi connectivity index (χ3v) is 4.95. The molecule has 2 aromatic carbocycles. The zero-order chi connectivity index (χ0) is 15.3. The molecule has 2 aliphatic rings. The largest absolute Gasteiger partial charge is 0.312 e. The van der Waals surface area contributed by atoms with Gasteiger partial charge in [-0.1, -0.05) is 41.9 Å². The van der Waals surface area contributed by atoms with E-state index < -0.39 is 5.66 Å². The van der Waals surface area contributed by atoms with E-state index in [1.54, 1.807) is 0 Å². The second-order valence-corrected chi connectivity index (χ2v) is 6.49. The van der Waals surface area contributed by atoms with Crippen LogP contribution in [0.5, 0.6) is 0 Å². The molecule has 0 saturated carbocycles. The van der Waals surface area contributed by atoms with E-state index in [2.05, 4.69) is 12.2 Å². The first-order valence-electron chi connectivity index (χ1n) is 7.58. The van der Waals surface area contributed by atoms with Gasteiger partial charge in [-0.3, -0.25) is 10.1 Å². The quantitative estimate of drug-likeness (QED) is 0.875. The van der Waals surface area contributed by atoms with Crippen molar-refractivity contribution in [2.45, 2.75) is 25.0 Å². The van der Waals surface area contributed by atoms with Crippen LogP contribution in [-0.4, -0.2) is 23.4 Å². The highest BCUT2D eigenvalue weighted by molar-refractivity contribution is 6.30. The zero-order valence-electron chi connectivity index (χ0n) is 12.3. The van der Waals surface area contributed by atoms with Gasteiger partial charge in [-0.15, -0.1) is 0 Å². The molecule has 2 heterocycles. The van der Waals surface area contributed by atoms with Crippen molar-refractivity contribution in [3.8, 4) is 0 Å². The third kappa shape index (κ3) is 1.76. The van der Waals surface area contributed by atoms with Crippen LogP contribution < -0.4 is 5.32 Å². The number of halogens is 1. The van der Waals surface area contributed by atoms with Gasteiger partial charge in [0.25, 0.3) is 5.91 Å². The number of nitrogens with one attached hydrogen (secondary N) is 1. The van der Waals surface area contributed by atoms with Gasteiger partial charge in [0.2, 0.25) is 0 Å². The molecule has 112 valence electrons. The van der Waals surface area contributed by atoms with Gasteiger partial charge < -0.3 is 4.90 Å². The minimum atomic E-state index is -0.573. The molecule has 1 amide bonds. The van der Waals surface area contributed by atoms with E-state index in [-0.39, 0.29) is 5.91 Å². The number of benzene rings is 2. The number of rotatable bonds is 1. The number of hydrogen-bond acceptors (Lipinski definition) is 2. The summed E-state index contributed by atoms with van der Waals surface area (Å²) in [4.78, 5) is 14.8. The summed E-state index contributed by atoms with van der Waals surface area (Å²) in [5.74, 6) is 0.102. The Balaban J connectivity index is 1.98. The first-order valence-corrected chi connectivity index (χ1v) is 7.96. The van der Waals surface area contributed by atoms with Crippen molar-refractivity contribution in [2.75, 3.05) is 6.54 Å². The highest BCUT2D eigenvalue weighted by atomic mass is 35.5. The number of carbonyl (C=O) groups excluding carboxylic acids is 1. The van der Waals surface area contributed by atoms with E-state index in [1.807, 2.05) is 53.4 Å². The zero-order valence-corrected chi connectivity index (χ0v) is 13.1. The number of carbonyl (C=O) groups is 1. The van der Waals surface area contributed by atoms with Crippen LogP contribution in [0.15, 0.2) is 48.5 Å². The van der Waals surface area contributed by atoms with Crippen LogP contribution in [-0.2, 0) is 5.66 Å². The minimum absolute atomic E-state index is 0.102. The van der Waals surface area contributed by atoms with E-state index >= 15 is 0 Å². The lowest BCUT2D eigenvalue weighted by Gasteiger charge is -2.46. The Morgan fingerprint density at radius 1 is 1.18 bits per heavy atom. The van der Waals surface area contributed by atoms with Crippen molar-refractivity contribution < 1.29 is 4.79 Å². The van der Waals surface area contributed by atoms with Crippen molar-refractivity contribution in [3.05, 3.63) is 70.2 Å². The standard InChI is InChI=1S/C18H17ClN2O/c1-12-10-11-21-17(22)15-4-2-3-5-16(15)18(21,20-12)13-6-8-14(19)9-7-13/h2-9,12,20H,10-11H2,1H3. The Labute approximate surface area is 134 Å². The normalized spacial score (nSPS) is 26.7. The molecular formula is C18H17ClN2O. The molecule has 1 fully saturated rings. The average Bonchev–Trinajstić information content (AvgIpc) is 2.78. The Morgan fingerprint density at radius 2 is 1.91 bits per heavy atom. The van der Waals surface area contributed by atoms with Gasteiger partial charge in [-0.25, -0.2) is 0 Å². The predicted octanol–water partition coefficient (Wildman–Crippen LogP) is 3.38. The molecule has 22 heavy (non-hydrogen) atoms. The van der Waals surface area contributed by atoms with Crippen LogP contribution in [0.25, 0.3) is 0 Å². The molecule has 0 radical (unpaired) electrons. The molecule has 2 unspecified atom stereocenters. The van der Waals surface area contributed by atoms with Crippen molar-refractivity contribution in [1.29, 1.82) is 0 Å². The molecule has 4 rings (SSSR count). The Kier molecular flexibility index (Phi) is 3.03. The van der Waals surface area contributed by atoms with Crippen molar-refractivity contribution in [1.82, 2.24) is 10.2 Å². The molecule has 2 aromatic rings. The third-order valence-electron chi connectivity index (χ3n) is 4.70. The molecule has 2 atom stereocenters. The first-order chi connectivity index (χ1) is 10.6. The van der Waals surface area contributed by atoms with Gasteiger partial charge >= 0.3 is 0 Å². The van der Waals surface area contributed by atoms with E-state index in [4.69, 9.17) is 11.6 Å². The monoisotopic (exact) mass is 312 g/mol. The Morgan fingerprint density at radius 3 is 2.68 bits per heavy atom. The van der Waals surface area contributed by atoms with Crippen LogP contribution in [0.1, 0.15) is 34.8 Å². The summed E-state index contributed by atoms with van der Waals surface area (Å²) in [7, 11) is 0. The SMILES string of the molecule is CC1CCN2C(=O)c3ccccc3C2(c2ccc(Cl)cc2)N1. The summed E-state index contributed by atoms with van der Waals surface area (Å²) in [6, 6.07) is 16.0. The van der Waals surface area contributed by atoms with Gasteiger partial charge in [0.15, 0.2) is 0 Å². The van der Waals surface area contributed by atoms with Crippen LogP contribution >= 0.6 is 11.6 Å². The molecule has 1 N–H and O–H groups in total. The van der Waals surface area contributed by atoms with E-state index in [1.165, 1.54) is 0 Å². The smallest absolute Gasteiger partial charge is 0.256 e. The van der Waals surface area contributed by atoms with Crippen molar-refractivity contribution >= 4 is 17.5 Å². The molecule has 0 spiro atoms. The van der Waals surface area contributed by atoms with Crippen LogP contribution in [0.4, 0.5) is 0 Å². The molecular weight excluding hydrogens is 296 g/mol. The lowest BCUT2D eigenvalue weighted by molar-refractivity contribution is 0.0376. The lowest BCUT2D eigenvalue weighted by atomic mass is 9.88. The summed E-state index contributed by atoms with van der Waals surface area (Å²) in [6.45, 7) is 2.92. The molecule has 0 aromatic heterocycles. The first kappa shape index (κ1) is 13.8. The number of nitrogens with zero attached hydrogens (tertiary/aromatic N) is 1. The van der Waals surface area contributed by atoms with E-state index in [9.17, 15) is 4.79 Å². The van der Waals surface area contributed by atoms with Gasteiger partial charge in [0.1, 0.15) is 5.66 Å². The van der Waals surface area contributed by atoms with Gasteiger partial charge in [-0.05, 0) is 37.1 Å². The summed E-state index contributed by atoms with van der Waals surface area (Å²) in [5, 5.41) is 4.38. The van der Waals surface area contributed by atoms with E-state index in [0.717, 1.165) is 29.7 Å². The molecule has 3 nitrogen and oxygen atoms in total. The summed E-state index contributed by atoms with van der Waals surface area (Å²) in [5.41, 5.74) is 2.31. The van der Waals surface area contributed by atoms with Gasteiger partial charge in [0, 0.05) is 28.7 Å². The average molecular weight is 313 g/mol. The second kappa shape index (κ2) is 4.83. The van der Waals surface area contributed by atoms with Crippen molar-refractivity contribution in [3.63, 3.8) is 0 Å². The van der Waals surface area contributed by atoms with Crippen LogP contribution in [0.3, 0.4) is 0 Å². The fraction of sp³-hybridized carbons (Fsp3) is 0.278. The van der Waals surface area contributed by atoms with E-state index in [0.29, 0.717) is 11.1 Å². The second-order valence-electron chi connectivity index (χ2n) is 6.05. The van der Waals surface area contributed by atoms with Crippen LogP contribution in [0, 0.1) is 0 Å². The Bertz CT molecular complexity index is 743. The summed E-state index contributed by atoms with van der Waals surface area (Å²) in [6.07, 6.45) is 0.953. The highest BCUT2D eigenvalue weighted by Crippen LogP contribution is 2.44. The maximum atomic E-state index is 12.8. The summed E-state index contributed by atoms with van der Waals surface area (Å²) >= 11 is 6.05. The maximum absolute atomic E-state index is 12.8. The fourth-order valence-corrected chi connectivity index (χ4v) is 3.82. The van der Waals surface area contributed by atoms with Crippen molar-refractivity contribution in [2.24, 2.45) is 0 Å². The Hall–Kier alpha value is -1.84. The highest BCUT2D eigenvalue weighted by Gasteiger charge is 2.52. The summed E-state index contributed by atoms with van der Waals surface area (Å²) < 4.78 is 0. The lowest BCUT2D eigenvalue weighted by Crippen LogP contribution is -2.62. The number of hydrogen-bond donors (Lipinski definition) is 1.